The molecule has 37 heavy (non-hydrogen) atoms. The molecule has 2 aliphatic carbocycles. The number of alkyl halides is 1. The number of amides is 2. The van der Waals surface area contributed by atoms with Crippen LogP contribution in [0.25, 0.3) is 0 Å². The number of Topliss-reactive ketones (excluding diaryl/α,β-unsaturated/α-hetero) is 1. The first-order chi connectivity index (χ1) is 18.0. The Hall–Kier alpha value is -2.32. The molecule has 3 heterocycles. The largest absolute Gasteiger partial charge is 0.365 e. The van der Waals surface area contributed by atoms with Crippen molar-refractivity contribution in [2.24, 2.45) is 5.92 Å². The van der Waals surface area contributed by atoms with Gasteiger partial charge in [-0.25, -0.2) is 4.39 Å². The van der Waals surface area contributed by atoms with Gasteiger partial charge in [-0.1, -0.05) is 31.4 Å². The van der Waals surface area contributed by atoms with E-state index in [1.807, 2.05) is 12.1 Å². The molecule has 5 fully saturated rings. The van der Waals surface area contributed by atoms with Gasteiger partial charge in [-0.05, 0) is 81.1 Å². The number of carbonyl (C=O) groups is 3. The molecule has 200 valence electrons. The van der Waals surface area contributed by atoms with Gasteiger partial charge >= 0.3 is 0 Å². The number of carbonyl (C=O) groups excluding carboxylic acids is 3. The summed E-state index contributed by atoms with van der Waals surface area (Å²) in [6, 6.07) is 6.99. The number of ether oxygens (including phenoxy) is 1. The van der Waals surface area contributed by atoms with Crippen LogP contribution in [0.4, 0.5) is 4.39 Å². The highest BCUT2D eigenvalue weighted by molar-refractivity contribution is 5.99. The van der Waals surface area contributed by atoms with Crippen molar-refractivity contribution in [3.63, 3.8) is 0 Å². The molecule has 0 radical (unpaired) electrons. The molecule has 1 N–H and O–H groups in total. The summed E-state index contributed by atoms with van der Waals surface area (Å²) in [6.07, 6.45) is 7.49. The summed E-state index contributed by atoms with van der Waals surface area (Å²) in [5, 5.41) is 3.00. The molecule has 2 amide bonds. The van der Waals surface area contributed by atoms with Crippen molar-refractivity contribution in [1.29, 1.82) is 0 Å². The van der Waals surface area contributed by atoms with Gasteiger partial charge in [0.2, 0.25) is 5.91 Å². The van der Waals surface area contributed by atoms with E-state index in [2.05, 4.69) is 22.3 Å². The molecular weight excluding hydrogens is 473 g/mol. The number of hydrogen-bond acceptors (Lipinski definition) is 5. The Bertz CT molecular complexity index is 1010. The first-order valence-electron chi connectivity index (χ1n) is 14.2. The highest BCUT2D eigenvalue weighted by Crippen LogP contribution is 2.35. The van der Waals surface area contributed by atoms with Gasteiger partial charge in [0.05, 0.1) is 6.54 Å². The third kappa shape index (κ3) is 5.07. The second-order valence-electron chi connectivity index (χ2n) is 11.7. The van der Waals surface area contributed by atoms with E-state index in [-0.39, 0.29) is 36.7 Å². The number of nitrogens with zero attached hydrogens (tertiary/aromatic N) is 2. The molecule has 5 aliphatic rings. The topological polar surface area (TPSA) is 79.0 Å². The number of piperidine rings is 1. The summed E-state index contributed by atoms with van der Waals surface area (Å²) in [4.78, 5) is 43.4. The SMILES string of the molecule is O=C(N[C@H](C(=O)N1C[C@H](F)[C@H]2OCC(=O)[C@H]21)C1CCCCC1)c1ccc(C2CCN(C3CC3)CC2)cc1. The van der Waals surface area contributed by atoms with E-state index >= 15 is 0 Å². The number of rotatable bonds is 6. The normalized spacial score (nSPS) is 30.4. The summed E-state index contributed by atoms with van der Waals surface area (Å²) in [7, 11) is 0. The summed E-state index contributed by atoms with van der Waals surface area (Å²) >= 11 is 0. The van der Waals surface area contributed by atoms with E-state index in [0.29, 0.717) is 11.5 Å². The first-order valence-corrected chi connectivity index (χ1v) is 14.2. The monoisotopic (exact) mass is 511 g/mol. The lowest BCUT2D eigenvalue weighted by atomic mass is 9.83. The summed E-state index contributed by atoms with van der Waals surface area (Å²) in [5.41, 5.74) is 1.79. The molecule has 6 rings (SSSR count). The van der Waals surface area contributed by atoms with E-state index < -0.39 is 24.4 Å². The summed E-state index contributed by atoms with van der Waals surface area (Å²) in [5.74, 6) is -0.401. The minimum Gasteiger partial charge on any atom is -0.365 e. The molecule has 3 saturated heterocycles. The van der Waals surface area contributed by atoms with Gasteiger partial charge in [0.25, 0.3) is 5.91 Å². The standard InChI is InChI=1S/C29H38FN3O4/c30-23-16-33(26-24(34)17-37-27(23)26)29(36)25(20-4-2-1-3-5-20)31-28(35)21-8-6-18(7-9-21)19-12-14-32(15-13-19)22-10-11-22/h6-9,19-20,22-23,25-27H,1-5,10-17H2,(H,31,35)/t23-,25-,26+,27+/m0/s1. The van der Waals surface area contributed by atoms with Crippen molar-refractivity contribution in [3.05, 3.63) is 35.4 Å². The zero-order chi connectivity index (χ0) is 25.5. The minimum absolute atomic E-state index is 0.0179. The summed E-state index contributed by atoms with van der Waals surface area (Å²) < 4.78 is 19.9. The Kier molecular flexibility index (Phi) is 7.05. The zero-order valence-corrected chi connectivity index (χ0v) is 21.4. The Morgan fingerprint density at radius 2 is 1.68 bits per heavy atom. The van der Waals surface area contributed by atoms with Gasteiger partial charge in [0, 0.05) is 11.6 Å². The molecular formula is C29H38FN3O4. The van der Waals surface area contributed by atoms with Crippen molar-refractivity contribution >= 4 is 17.6 Å². The van der Waals surface area contributed by atoms with Crippen LogP contribution in [0.3, 0.4) is 0 Å². The molecule has 0 aromatic heterocycles. The minimum atomic E-state index is -1.38. The van der Waals surface area contributed by atoms with Gasteiger partial charge in [0.15, 0.2) is 5.78 Å². The fourth-order valence-corrected chi connectivity index (χ4v) is 7.02. The maximum absolute atomic E-state index is 14.6. The Morgan fingerprint density at radius 3 is 2.35 bits per heavy atom. The Labute approximate surface area is 218 Å². The van der Waals surface area contributed by atoms with Gasteiger partial charge in [-0.3, -0.25) is 14.4 Å². The molecule has 1 aromatic rings. The zero-order valence-electron chi connectivity index (χ0n) is 21.4. The molecule has 0 bridgehead atoms. The smallest absolute Gasteiger partial charge is 0.251 e. The average Bonchev–Trinajstić information content (AvgIpc) is 3.64. The molecule has 7 nitrogen and oxygen atoms in total. The number of halogens is 1. The number of likely N-dealkylation sites (tertiary alicyclic amines) is 2. The van der Waals surface area contributed by atoms with Crippen LogP contribution in [-0.4, -0.2) is 84.0 Å². The van der Waals surface area contributed by atoms with Crippen molar-refractivity contribution in [2.75, 3.05) is 26.2 Å². The molecule has 0 unspecified atom stereocenters. The van der Waals surface area contributed by atoms with Gasteiger partial charge in [0.1, 0.15) is 31.0 Å². The predicted molar refractivity (Wildman–Crippen MR) is 136 cm³/mol. The van der Waals surface area contributed by atoms with Crippen LogP contribution < -0.4 is 5.32 Å². The molecule has 4 atom stereocenters. The maximum atomic E-state index is 14.6. The third-order valence-corrected chi connectivity index (χ3v) is 9.32. The molecule has 0 spiro atoms. The van der Waals surface area contributed by atoms with Crippen LogP contribution in [-0.2, 0) is 14.3 Å². The lowest BCUT2D eigenvalue weighted by Crippen LogP contribution is -2.55. The van der Waals surface area contributed by atoms with Crippen LogP contribution in [0.2, 0.25) is 0 Å². The van der Waals surface area contributed by atoms with Crippen molar-refractivity contribution in [3.8, 4) is 0 Å². The fourth-order valence-electron chi connectivity index (χ4n) is 7.02. The van der Waals surface area contributed by atoms with Gasteiger partial charge < -0.3 is 19.9 Å². The molecule has 3 aliphatic heterocycles. The van der Waals surface area contributed by atoms with Crippen LogP contribution in [0.5, 0.6) is 0 Å². The van der Waals surface area contributed by atoms with Crippen LogP contribution in [0.15, 0.2) is 24.3 Å². The summed E-state index contributed by atoms with van der Waals surface area (Å²) in [6.45, 7) is 1.97. The van der Waals surface area contributed by atoms with Crippen molar-refractivity contribution in [2.45, 2.75) is 94.1 Å². The highest BCUT2D eigenvalue weighted by Gasteiger charge is 2.54. The van der Waals surface area contributed by atoms with Gasteiger partial charge in [-0.15, -0.1) is 0 Å². The second-order valence-corrected chi connectivity index (χ2v) is 11.7. The molecule has 8 heteroatoms. The maximum Gasteiger partial charge on any atom is 0.251 e. The number of ketones is 1. The number of fused-ring (bicyclic) bond motifs is 1. The Morgan fingerprint density at radius 1 is 0.973 bits per heavy atom. The predicted octanol–water partition coefficient (Wildman–Crippen LogP) is 3.22. The molecule has 1 aromatic carbocycles. The second kappa shape index (κ2) is 10.4. The lowest BCUT2D eigenvalue weighted by Gasteiger charge is -2.34. The van der Waals surface area contributed by atoms with E-state index in [9.17, 15) is 18.8 Å². The number of benzene rings is 1. The quantitative estimate of drug-likeness (QED) is 0.635. The Balaban J connectivity index is 1.14. The average molecular weight is 512 g/mol. The van der Waals surface area contributed by atoms with Crippen LogP contribution in [0.1, 0.15) is 79.6 Å². The van der Waals surface area contributed by atoms with E-state index in [0.717, 1.165) is 64.1 Å². The molecule has 2 saturated carbocycles. The highest BCUT2D eigenvalue weighted by atomic mass is 19.1. The van der Waals surface area contributed by atoms with Crippen molar-refractivity contribution in [1.82, 2.24) is 15.1 Å². The third-order valence-electron chi connectivity index (χ3n) is 9.32. The van der Waals surface area contributed by atoms with E-state index in [4.69, 9.17) is 4.74 Å². The lowest BCUT2D eigenvalue weighted by molar-refractivity contribution is -0.139. The van der Waals surface area contributed by atoms with Crippen molar-refractivity contribution < 1.29 is 23.5 Å². The first kappa shape index (κ1) is 25.0. The fraction of sp³-hybridized carbons (Fsp3) is 0.690. The van der Waals surface area contributed by atoms with Gasteiger partial charge in [-0.2, -0.15) is 0 Å². The number of nitrogens with one attached hydrogen (secondary N) is 1. The van der Waals surface area contributed by atoms with E-state index in [1.54, 1.807) is 0 Å². The van der Waals surface area contributed by atoms with Crippen LogP contribution >= 0.6 is 0 Å². The van der Waals surface area contributed by atoms with E-state index in [1.165, 1.54) is 23.3 Å². The number of hydrogen-bond donors (Lipinski definition) is 1. The van der Waals surface area contributed by atoms with Crippen LogP contribution in [0, 0.1) is 5.92 Å².